The second-order valence-electron chi connectivity index (χ2n) is 7.45. The first kappa shape index (κ1) is 22.9. The van der Waals surface area contributed by atoms with E-state index >= 15 is 0 Å². The van der Waals surface area contributed by atoms with Crippen LogP contribution in [0.3, 0.4) is 0 Å². The van der Waals surface area contributed by atoms with Crippen LogP contribution in [0, 0.1) is 6.92 Å². The van der Waals surface area contributed by atoms with Gasteiger partial charge in [0.1, 0.15) is 15.8 Å². The Balaban J connectivity index is 1.77. The SMILES string of the molecule is C=CCN1C(=O)C(=Cc2c(NCC(O)c3ccccc3)nc3c(C)cccn3c2=O)SC1=S. The van der Waals surface area contributed by atoms with Crippen LogP contribution in [-0.2, 0) is 4.79 Å². The zero-order chi connectivity index (χ0) is 23.5. The Labute approximate surface area is 200 Å². The number of rotatable bonds is 7. The van der Waals surface area contributed by atoms with Crippen molar-refractivity contribution < 1.29 is 9.90 Å². The number of hydrogen-bond donors (Lipinski definition) is 2. The van der Waals surface area contributed by atoms with Crippen molar-refractivity contribution in [3.05, 3.63) is 93.3 Å². The van der Waals surface area contributed by atoms with Crippen LogP contribution in [0.25, 0.3) is 11.7 Å². The normalized spacial score (nSPS) is 15.9. The average Bonchev–Trinajstić information content (AvgIpc) is 3.08. The first-order valence-electron chi connectivity index (χ1n) is 10.3. The summed E-state index contributed by atoms with van der Waals surface area (Å²) in [6.07, 6.45) is 3.95. The Hall–Kier alpha value is -3.27. The molecule has 0 saturated carbocycles. The molecule has 1 aliphatic heterocycles. The number of thiocarbonyl (C=S) groups is 1. The molecule has 2 N–H and O–H groups in total. The van der Waals surface area contributed by atoms with Crippen LogP contribution >= 0.6 is 24.0 Å². The number of amides is 1. The molecule has 7 nitrogen and oxygen atoms in total. The van der Waals surface area contributed by atoms with E-state index in [-0.39, 0.29) is 23.6 Å². The van der Waals surface area contributed by atoms with E-state index in [1.807, 2.05) is 43.3 Å². The number of carbonyl (C=O) groups excluding carboxylic acids is 1. The van der Waals surface area contributed by atoms with Crippen molar-refractivity contribution >= 4 is 51.7 Å². The van der Waals surface area contributed by atoms with Gasteiger partial charge in [-0.3, -0.25) is 18.9 Å². The highest BCUT2D eigenvalue weighted by atomic mass is 32.2. The van der Waals surface area contributed by atoms with Gasteiger partial charge in [0.25, 0.3) is 11.5 Å². The fourth-order valence-electron chi connectivity index (χ4n) is 3.48. The molecule has 1 unspecified atom stereocenters. The maximum Gasteiger partial charge on any atom is 0.267 e. The molecule has 1 saturated heterocycles. The van der Waals surface area contributed by atoms with Gasteiger partial charge in [0.05, 0.1) is 16.6 Å². The van der Waals surface area contributed by atoms with Gasteiger partial charge in [0.15, 0.2) is 0 Å². The number of fused-ring (bicyclic) bond motifs is 1. The predicted molar refractivity (Wildman–Crippen MR) is 136 cm³/mol. The number of aliphatic hydroxyl groups excluding tert-OH is 1. The van der Waals surface area contributed by atoms with Crippen LogP contribution in [-0.4, -0.2) is 42.7 Å². The Bertz CT molecular complexity index is 1330. The third-order valence-electron chi connectivity index (χ3n) is 5.19. The highest BCUT2D eigenvalue weighted by Gasteiger charge is 2.31. The van der Waals surface area contributed by atoms with E-state index in [0.29, 0.717) is 27.2 Å². The van der Waals surface area contributed by atoms with Gasteiger partial charge in [-0.1, -0.05) is 66.5 Å². The van der Waals surface area contributed by atoms with Crippen molar-refractivity contribution in [2.45, 2.75) is 13.0 Å². The van der Waals surface area contributed by atoms with E-state index in [9.17, 15) is 14.7 Å². The number of aromatic nitrogens is 2. The topological polar surface area (TPSA) is 86.9 Å². The van der Waals surface area contributed by atoms with Gasteiger partial charge in [-0.25, -0.2) is 4.98 Å². The molecule has 0 bridgehead atoms. The third-order valence-corrected chi connectivity index (χ3v) is 6.57. The number of nitrogens with one attached hydrogen (secondary N) is 1. The molecule has 1 atom stereocenters. The maximum atomic E-state index is 13.4. The van der Waals surface area contributed by atoms with Crippen molar-refractivity contribution in [2.75, 3.05) is 18.4 Å². The zero-order valence-electron chi connectivity index (χ0n) is 17.9. The Morgan fingerprint density at radius 3 is 2.73 bits per heavy atom. The summed E-state index contributed by atoms with van der Waals surface area (Å²) in [6.45, 7) is 5.96. The molecule has 1 aliphatic rings. The number of thioether (sulfide) groups is 1. The molecule has 3 aromatic rings. The molecule has 4 rings (SSSR count). The van der Waals surface area contributed by atoms with Gasteiger partial charge in [0.2, 0.25) is 0 Å². The summed E-state index contributed by atoms with van der Waals surface area (Å²) in [4.78, 5) is 32.6. The minimum atomic E-state index is -0.804. The zero-order valence-corrected chi connectivity index (χ0v) is 19.5. The number of nitrogens with zero attached hydrogens (tertiary/aromatic N) is 3. The second-order valence-corrected chi connectivity index (χ2v) is 9.13. The number of benzene rings is 1. The lowest BCUT2D eigenvalue weighted by atomic mass is 10.1. The number of aliphatic hydroxyl groups is 1. The monoisotopic (exact) mass is 478 g/mol. The van der Waals surface area contributed by atoms with E-state index < -0.39 is 6.10 Å². The molecule has 1 fully saturated rings. The average molecular weight is 479 g/mol. The van der Waals surface area contributed by atoms with Gasteiger partial charge in [0, 0.05) is 19.3 Å². The van der Waals surface area contributed by atoms with Crippen LogP contribution < -0.4 is 10.9 Å². The lowest BCUT2D eigenvalue weighted by Crippen LogP contribution is -2.28. The number of carbonyl (C=O) groups is 1. The van der Waals surface area contributed by atoms with E-state index in [1.54, 1.807) is 18.3 Å². The molecule has 2 aromatic heterocycles. The van der Waals surface area contributed by atoms with E-state index in [2.05, 4.69) is 16.9 Å². The summed E-state index contributed by atoms with van der Waals surface area (Å²) < 4.78 is 1.86. The van der Waals surface area contributed by atoms with Gasteiger partial charge in [-0.15, -0.1) is 6.58 Å². The molecule has 0 spiro atoms. The van der Waals surface area contributed by atoms with Crippen LogP contribution in [0.4, 0.5) is 5.82 Å². The van der Waals surface area contributed by atoms with E-state index in [0.717, 1.165) is 22.9 Å². The summed E-state index contributed by atoms with van der Waals surface area (Å²) in [7, 11) is 0. The lowest BCUT2D eigenvalue weighted by molar-refractivity contribution is -0.121. The molecular formula is C24H22N4O3S2. The van der Waals surface area contributed by atoms with E-state index in [1.165, 1.54) is 15.4 Å². The van der Waals surface area contributed by atoms with Crippen molar-refractivity contribution in [3.63, 3.8) is 0 Å². The Kier molecular flexibility index (Phi) is 6.73. The lowest BCUT2D eigenvalue weighted by Gasteiger charge is -2.15. The largest absolute Gasteiger partial charge is 0.387 e. The minimum absolute atomic E-state index is 0.136. The second kappa shape index (κ2) is 9.70. The van der Waals surface area contributed by atoms with Crippen LogP contribution in [0.15, 0.2) is 71.0 Å². The van der Waals surface area contributed by atoms with Crippen molar-refractivity contribution in [2.24, 2.45) is 0 Å². The van der Waals surface area contributed by atoms with Gasteiger partial charge in [-0.05, 0) is 30.2 Å². The first-order chi connectivity index (χ1) is 15.9. The van der Waals surface area contributed by atoms with Crippen LogP contribution in [0.5, 0.6) is 0 Å². The Morgan fingerprint density at radius 1 is 1.24 bits per heavy atom. The summed E-state index contributed by atoms with van der Waals surface area (Å²) in [5, 5.41) is 13.7. The fraction of sp³-hybridized carbons (Fsp3) is 0.167. The van der Waals surface area contributed by atoms with E-state index in [4.69, 9.17) is 12.2 Å². The highest BCUT2D eigenvalue weighted by Crippen LogP contribution is 2.33. The maximum absolute atomic E-state index is 13.4. The van der Waals surface area contributed by atoms with Crippen molar-refractivity contribution in [1.29, 1.82) is 0 Å². The van der Waals surface area contributed by atoms with Gasteiger partial charge >= 0.3 is 0 Å². The molecule has 0 aliphatic carbocycles. The number of aryl methyl sites for hydroxylation is 1. The third kappa shape index (κ3) is 4.61. The summed E-state index contributed by atoms with van der Waals surface area (Å²) >= 11 is 6.44. The van der Waals surface area contributed by atoms with Crippen molar-refractivity contribution in [3.8, 4) is 0 Å². The van der Waals surface area contributed by atoms with Crippen LogP contribution in [0.2, 0.25) is 0 Å². The first-order valence-corrected chi connectivity index (χ1v) is 11.5. The number of hydrogen-bond acceptors (Lipinski definition) is 7. The summed E-state index contributed by atoms with van der Waals surface area (Å²) in [5.74, 6) is 0.00665. The smallest absolute Gasteiger partial charge is 0.267 e. The summed E-state index contributed by atoms with van der Waals surface area (Å²) in [6, 6.07) is 12.9. The summed E-state index contributed by atoms with van der Waals surface area (Å²) in [5.41, 5.74) is 1.96. The highest BCUT2D eigenvalue weighted by molar-refractivity contribution is 8.26. The Morgan fingerprint density at radius 2 is 2.00 bits per heavy atom. The molecule has 1 amide bonds. The molecule has 3 heterocycles. The molecule has 33 heavy (non-hydrogen) atoms. The van der Waals surface area contributed by atoms with Crippen LogP contribution in [0.1, 0.15) is 22.8 Å². The molecular weight excluding hydrogens is 456 g/mol. The van der Waals surface area contributed by atoms with Gasteiger partial charge in [-0.2, -0.15) is 0 Å². The number of pyridine rings is 1. The molecule has 9 heteroatoms. The van der Waals surface area contributed by atoms with Crippen molar-refractivity contribution in [1.82, 2.24) is 14.3 Å². The molecule has 1 aromatic carbocycles. The predicted octanol–water partition coefficient (Wildman–Crippen LogP) is 3.54. The quantitative estimate of drug-likeness (QED) is 0.305. The number of anilines is 1. The minimum Gasteiger partial charge on any atom is -0.387 e. The molecule has 0 radical (unpaired) electrons. The fourth-order valence-corrected chi connectivity index (χ4v) is 4.74. The molecule has 168 valence electrons. The standard InChI is InChI=1S/C24H22N4O3S2/c1-3-11-28-23(31)19(33-24(28)32)13-17-20(25-14-18(29)16-9-5-4-6-10-16)26-21-15(2)8-7-12-27(21)22(17)30/h3-10,12-13,18,25,29H,1,11,14H2,2H3. The van der Waals surface area contributed by atoms with Gasteiger partial charge < -0.3 is 10.4 Å².